The Balaban J connectivity index is 1.38. The van der Waals surface area contributed by atoms with Gasteiger partial charge >= 0.3 is 0 Å². The van der Waals surface area contributed by atoms with Gasteiger partial charge < -0.3 is 14.5 Å². The molecule has 6 heteroatoms. The van der Waals surface area contributed by atoms with E-state index in [0.717, 1.165) is 34.9 Å². The molecule has 0 radical (unpaired) electrons. The average molecular weight is 382 g/mol. The molecular weight excluding hydrogens is 358 g/mol. The summed E-state index contributed by atoms with van der Waals surface area (Å²) in [4.78, 5) is 21.6. The number of likely N-dealkylation sites (N-methyl/N-ethyl adjacent to an activating group) is 1. The second-order valence-electron chi connectivity index (χ2n) is 6.84. The van der Waals surface area contributed by atoms with Crippen LogP contribution in [0.1, 0.15) is 16.6 Å². The number of carbonyl (C=O) groups is 1. The van der Waals surface area contributed by atoms with Gasteiger partial charge in [-0.05, 0) is 24.7 Å². The topological polar surface area (TPSA) is 45.7 Å². The lowest BCUT2D eigenvalue weighted by atomic mass is 10.0. The largest absolute Gasteiger partial charge is 0.364 e. The van der Waals surface area contributed by atoms with E-state index >= 15 is 0 Å². The molecule has 1 aliphatic rings. The van der Waals surface area contributed by atoms with Gasteiger partial charge in [-0.2, -0.15) is 0 Å². The predicted octanol–water partition coefficient (Wildman–Crippen LogP) is 3.33. The predicted molar refractivity (Wildman–Crippen MR) is 108 cm³/mol. The van der Waals surface area contributed by atoms with Gasteiger partial charge in [0.2, 0.25) is 5.91 Å². The first-order valence-corrected chi connectivity index (χ1v) is 9.97. The lowest BCUT2D eigenvalue weighted by Gasteiger charge is -2.40. The van der Waals surface area contributed by atoms with Gasteiger partial charge in [0.05, 0.1) is 22.9 Å². The van der Waals surface area contributed by atoms with Crippen molar-refractivity contribution in [1.82, 2.24) is 14.8 Å². The summed E-state index contributed by atoms with van der Waals surface area (Å²) in [7, 11) is 2.10. The number of aromatic nitrogens is 1. The summed E-state index contributed by atoms with van der Waals surface area (Å²) in [6, 6.07) is 18.3. The standard InChI is InChI=1S/C21H23N3O2S/c1-23-11-12-24(18(13-23)16-7-3-2-4-8-16)21(25)15-26-14-20-22-17-9-5-6-10-19(17)27-20/h2-10,18H,11-15H2,1H3/t18-/m0/s1. The number of fused-ring (bicyclic) bond motifs is 1. The summed E-state index contributed by atoms with van der Waals surface area (Å²) >= 11 is 1.61. The zero-order valence-electron chi connectivity index (χ0n) is 15.4. The van der Waals surface area contributed by atoms with Gasteiger partial charge in [-0.25, -0.2) is 4.98 Å². The van der Waals surface area contributed by atoms with Crippen LogP contribution < -0.4 is 0 Å². The van der Waals surface area contributed by atoms with Gasteiger partial charge in [-0.1, -0.05) is 42.5 Å². The Labute approximate surface area is 163 Å². The number of thiazole rings is 1. The molecule has 5 nitrogen and oxygen atoms in total. The van der Waals surface area contributed by atoms with E-state index in [1.54, 1.807) is 11.3 Å². The van der Waals surface area contributed by atoms with Crippen LogP contribution in [0.5, 0.6) is 0 Å². The molecule has 4 rings (SSSR count). The first-order valence-electron chi connectivity index (χ1n) is 9.16. The smallest absolute Gasteiger partial charge is 0.249 e. The number of ether oxygens (including phenoxy) is 1. The Morgan fingerprint density at radius 1 is 1.15 bits per heavy atom. The minimum atomic E-state index is 0.0399. The molecule has 2 aromatic carbocycles. The highest BCUT2D eigenvalue weighted by atomic mass is 32.1. The number of nitrogens with zero attached hydrogens (tertiary/aromatic N) is 3. The minimum absolute atomic E-state index is 0.0399. The summed E-state index contributed by atoms with van der Waals surface area (Å²) in [5.41, 5.74) is 2.15. The third-order valence-electron chi connectivity index (χ3n) is 4.88. The number of rotatable bonds is 5. The van der Waals surface area contributed by atoms with Crippen molar-refractivity contribution in [3.63, 3.8) is 0 Å². The molecule has 1 amide bonds. The third-order valence-corrected chi connectivity index (χ3v) is 5.89. The summed E-state index contributed by atoms with van der Waals surface area (Å²) in [6.45, 7) is 2.90. The van der Waals surface area contributed by atoms with Gasteiger partial charge in [0.1, 0.15) is 11.6 Å². The van der Waals surface area contributed by atoms with E-state index in [-0.39, 0.29) is 18.6 Å². The van der Waals surface area contributed by atoms with Crippen molar-refractivity contribution in [1.29, 1.82) is 0 Å². The van der Waals surface area contributed by atoms with E-state index in [1.807, 2.05) is 41.3 Å². The van der Waals surface area contributed by atoms with Crippen LogP contribution in [0.25, 0.3) is 10.2 Å². The maximum absolute atomic E-state index is 12.8. The van der Waals surface area contributed by atoms with Crippen molar-refractivity contribution >= 4 is 27.5 Å². The molecule has 0 saturated carbocycles. The Bertz CT molecular complexity index is 879. The van der Waals surface area contributed by atoms with Crippen molar-refractivity contribution in [2.45, 2.75) is 12.6 Å². The lowest BCUT2D eigenvalue weighted by Crippen LogP contribution is -2.50. The quantitative estimate of drug-likeness (QED) is 0.680. The second-order valence-corrected chi connectivity index (χ2v) is 7.96. The molecule has 0 aliphatic carbocycles. The molecule has 0 bridgehead atoms. The van der Waals surface area contributed by atoms with Crippen LogP contribution in [-0.2, 0) is 16.1 Å². The molecule has 3 aromatic rings. The summed E-state index contributed by atoms with van der Waals surface area (Å²) in [5.74, 6) is 0.0399. The van der Waals surface area contributed by atoms with Gasteiger partial charge in [-0.3, -0.25) is 4.79 Å². The molecule has 1 aliphatic heterocycles. The molecular formula is C21H23N3O2S. The number of hydrogen-bond donors (Lipinski definition) is 0. The fourth-order valence-corrected chi connectivity index (χ4v) is 4.37. The SMILES string of the molecule is CN1CCN(C(=O)COCc2nc3ccccc3s2)[C@H](c2ccccc2)C1. The van der Waals surface area contributed by atoms with Crippen LogP contribution in [0.3, 0.4) is 0 Å². The number of hydrogen-bond acceptors (Lipinski definition) is 5. The Morgan fingerprint density at radius 3 is 2.74 bits per heavy atom. The third kappa shape index (κ3) is 4.18. The van der Waals surface area contributed by atoms with Crippen LogP contribution in [-0.4, -0.2) is 54.0 Å². The molecule has 1 fully saturated rings. The van der Waals surface area contributed by atoms with Crippen molar-refractivity contribution in [2.75, 3.05) is 33.3 Å². The maximum Gasteiger partial charge on any atom is 0.249 e. The Hall–Kier alpha value is -2.28. The number of para-hydroxylation sites is 1. The van der Waals surface area contributed by atoms with Crippen LogP contribution in [0.2, 0.25) is 0 Å². The number of piperazine rings is 1. The average Bonchev–Trinajstić information content (AvgIpc) is 3.11. The molecule has 2 heterocycles. The van der Waals surface area contributed by atoms with E-state index in [0.29, 0.717) is 6.61 Å². The zero-order valence-corrected chi connectivity index (χ0v) is 16.2. The second kappa shape index (κ2) is 8.17. The zero-order chi connectivity index (χ0) is 18.6. The first kappa shape index (κ1) is 18.1. The summed E-state index contributed by atoms with van der Waals surface area (Å²) < 4.78 is 6.86. The van der Waals surface area contributed by atoms with E-state index in [1.165, 1.54) is 5.56 Å². The first-order chi connectivity index (χ1) is 13.2. The lowest BCUT2D eigenvalue weighted by molar-refractivity contribution is -0.141. The maximum atomic E-state index is 12.8. The number of benzene rings is 2. The van der Waals surface area contributed by atoms with Crippen LogP contribution in [0, 0.1) is 0 Å². The van der Waals surface area contributed by atoms with E-state index < -0.39 is 0 Å². The fraction of sp³-hybridized carbons (Fsp3) is 0.333. The van der Waals surface area contributed by atoms with Crippen molar-refractivity contribution < 1.29 is 9.53 Å². The molecule has 0 N–H and O–H groups in total. The number of carbonyl (C=O) groups excluding carboxylic acids is 1. The van der Waals surface area contributed by atoms with E-state index in [2.05, 4.69) is 35.1 Å². The molecule has 1 aromatic heterocycles. The van der Waals surface area contributed by atoms with Gasteiger partial charge in [0, 0.05) is 19.6 Å². The monoisotopic (exact) mass is 381 g/mol. The van der Waals surface area contributed by atoms with Gasteiger partial charge in [-0.15, -0.1) is 11.3 Å². The fourth-order valence-electron chi connectivity index (χ4n) is 3.47. The molecule has 140 valence electrons. The van der Waals surface area contributed by atoms with E-state index in [4.69, 9.17) is 4.74 Å². The molecule has 0 unspecified atom stereocenters. The van der Waals surface area contributed by atoms with Crippen LogP contribution in [0.15, 0.2) is 54.6 Å². The molecule has 1 saturated heterocycles. The van der Waals surface area contributed by atoms with Crippen molar-refractivity contribution in [3.8, 4) is 0 Å². The normalized spacial score (nSPS) is 18.1. The minimum Gasteiger partial charge on any atom is -0.364 e. The van der Waals surface area contributed by atoms with E-state index in [9.17, 15) is 4.79 Å². The van der Waals surface area contributed by atoms with Crippen molar-refractivity contribution in [3.05, 3.63) is 65.2 Å². The molecule has 0 spiro atoms. The summed E-state index contributed by atoms with van der Waals surface area (Å²) in [6.07, 6.45) is 0. The Kier molecular flexibility index (Phi) is 5.48. The van der Waals surface area contributed by atoms with Crippen LogP contribution in [0.4, 0.5) is 0 Å². The highest BCUT2D eigenvalue weighted by molar-refractivity contribution is 7.18. The Morgan fingerprint density at radius 2 is 1.93 bits per heavy atom. The van der Waals surface area contributed by atoms with Gasteiger partial charge in [0.15, 0.2) is 0 Å². The van der Waals surface area contributed by atoms with Gasteiger partial charge in [0.25, 0.3) is 0 Å². The molecule has 27 heavy (non-hydrogen) atoms. The summed E-state index contributed by atoms with van der Waals surface area (Å²) in [5, 5.41) is 0.905. The molecule has 1 atom stereocenters. The van der Waals surface area contributed by atoms with Crippen molar-refractivity contribution in [2.24, 2.45) is 0 Å². The number of amides is 1. The highest BCUT2D eigenvalue weighted by Gasteiger charge is 2.30. The highest BCUT2D eigenvalue weighted by Crippen LogP contribution is 2.25. The van der Waals surface area contributed by atoms with Crippen LogP contribution >= 0.6 is 11.3 Å².